The third-order valence-electron chi connectivity index (χ3n) is 28.9. The average molecular weight is 1920 g/mol. The van der Waals surface area contributed by atoms with E-state index in [1.807, 2.05) is 18.6 Å². The van der Waals surface area contributed by atoms with Gasteiger partial charge in [0, 0.05) is 68.7 Å². The number of hydrogen-bond donors (Lipinski definition) is 0. The molecule has 1 fully saturated rings. The molecule has 0 saturated heterocycles. The van der Waals surface area contributed by atoms with Crippen LogP contribution < -0.4 is 0 Å². The lowest BCUT2D eigenvalue weighted by Gasteiger charge is -2.39. The second-order valence-electron chi connectivity index (χ2n) is 47.3. The Morgan fingerprint density at radius 2 is 0.463 bits per heavy atom. The molecule has 9 heteroatoms. The third-order valence-corrected chi connectivity index (χ3v) is 28.9. The van der Waals surface area contributed by atoms with Gasteiger partial charge in [-0.1, -0.05) is 416 Å². The lowest BCUT2D eigenvalue weighted by molar-refractivity contribution is 0.352. The first kappa shape index (κ1) is 98.9. The first-order valence-electron chi connectivity index (χ1n) is 52.4. The molecule has 9 nitrogen and oxygen atoms in total. The highest BCUT2D eigenvalue weighted by atomic mass is 15.0. The van der Waals surface area contributed by atoms with Crippen LogP contribution in [0, 0.1) is 16.2 Å². The van der Waals surface area contributed by atoms with Gasteiger partial charge in [0.2, 0.25) is 0 Å². The fourth-order valence-electron chi connectivity index (χ4n) is 21.5. The van der Waals surface area contributed by atoms with Gasteiger partial charge in [-0.25, -0.2) is 29.9 Å². The summed E-state index contributed by atoms with van der Waals surface area (Å²) in [6.45, 7) is 42.5. The van der Waals surface area contributed by atoms with Crippen LogP contribution in [0.4, 0.5) is 0 Å². The molecule has 147 heavy (non-hydrogen) atoms. The molecule has 14 aromatic carbocycles. The van der Waals surface area contributed by atoms with Crippen molar-refractivity contribution in [3.05, 3.63) is 439 Å². The molecule has 0 N–H and O–H groups in total. The molecule has 20 rings (SSSR count). The van der Waals surface area contributed by atoms with E-state index in [0.717, 1.165) is 150 Å². The molecule has 5 heterocycles. The number of benzene rings is 14. The molecule has 1 aliphatic carbocycles. The summed E-state index contributed by atoms with van der Waals surface area (Å²) in [5.41, 5.74) is 39.2. The van der Waals surface area contributed by atoms with Gasteiger partial charge in [-0.3, -0.25) is 15.0 Å². The SMILES string of the molecule is CC(C)(C)Cc1cc(-c2cc(C(C)(C)C)ccn2)ccc1-c1ccccc1C1CC(c2ccc(C(C)(C)C)cc2-c2ccc(-c3ccc(-c4nc(-c5cccc(-c6ccccc6)c5)nc(-c5cccc(-c6ccccc6)c5)n4)cn3)cc2CC(C)(C)C)CC(c2ccc(C(C)(C)C)cc2-c2ccc(-c3ccc(-c4nc(-c5cccc(-c6ccccc6)c5)nc(-c5cccc(-c6ccccc6)c5)n4)cn3)cc2CC(C)(C)C)C1. The maximum absolute atomic E-state index is 5.39. The van der Waals surface area contributed by atoms with Gasteiger partial charge in [0.15, 0.2) is 34.9 Å². The standard InChI is InChI=1S/C138H133N9/c1-133(2,3)84-109-77-99(126-83-114(69-70-139-126)138(16,17)18)57-62-118(109)121-54-32-31-53-115(121)106-78-107(116-65-60-112(136(10,11)12)81-122(116)119-63-55-97(75-110(119)85-134(4,5)6)124-67-58-104(87-140-124)131-144-127(100-49-33-45-93(71-100)89-37-23-19-24-38-89)142-128(145-131)101-50-34-46-94(72-101)90-39-25-20-26-40-90)80-108(79-106)117-66-61-113(137(13,14)15)82-123(117)120-64-56-98(76-111(120)86-135(7,8)9)125-68-59-105(88-141-125)132-146-129(102-51-35-47-95(73-102)91-41-27-21-28-42-91)143-130(147-132)103-52-36-48-96(74-103)92-43-29-22-30-44-92/h19-77,81-83,87-88,106-108H,78-80,84-86H2,1-18H3. The molecule has 0 amide bonds. The molecule has 2 atom stereocenters. The van der Waals surface area contributed by atoms with Crippen LogP contribution >= 0.6 is 0 Å². The van der Waals surface area contributed by atoms with Crippen LogP contribution in [0.5, 0.6) is 0 Å². The van der Waals surface area contributed by atoms with Crippen molar-refractivity contribution in [3.63, 3.8) is 0 Å². The van der Waals surface area contributed by atoms with Gasteiger partial charge in [0.05, 0.1) is 17.1 Å². The summed E-state index contributed by atoms with van der Waals surface area (Å²) in [6.07, 6.45) is 11.3. The third kappa shape index (κ3) is 22.8. The van der Waals surface area contributed by atoms with Crippen LogP contribution in [0.1, 0.15) is 212 Å². The Morgan fingerprint density at radius 3 is 0.776 bits per heavy atom. The molecule has 0 aliphatic heterocycles. The highest BCUT2D eigenvalue weighted by molar-refractivity contribution is 5.84. The number of pyridine rings is 3. The van der Waals surface area contributed by atoms with Crippen LogP contribution in [0.15, 0.2) is 389 Å². The lowest BCUT2D eigenvalue weighted by atomic mass is 9.65. The van der Waals surface area contributed by atoms with E-state index in [1.165, 1.54) is 83.5 Å². The number of aromatic nitrogens is 9. The predicted molar refractivity (Wildman–Crippen MR) is 614 cm³/mol. The normalized spacial score (nSPS) is 14.3. The molecule has 1 saturated carbocycles. The van der Waals surface area contributed by atoms with E-state index in [0.29, 0.717) is 34.9 Å². The number of rotatable bonds is 22. The van der Waals surface area contributed by atoms with E-state index < -0.39 is 0 Å². The summed E-state index contributed by atoms with van der Waals surface area (Å²) >= 11 is 0. The minimum atomic E-state index is -0.161. The highest BCUT2D eigenvalue weighted by Gasteiger charge is 2.38. The van der Waals surface area contributed by atoms with E-state index in [2.05, 4.69) is 495 Å². The summed E-state index contributed by atoms with van der Waals surface area (Å²) in [7, 11) is 0. The Hall–Kier alpha value is -15.5. The van der Waals surface area contributed by atoms with Crippen LogP contribution in [-0.4, -0.2) is 44.9 Å². The van der Waals surface area contributed by atoms with Crippen LogP contribution in [-0.2, 0) is 35.5 Å². The van der Waals surface area contributed by atoms with Crippen LogP contribution in [0.2, 0.25) is 0 Å². The van der Waals surface area contributed by atoms with E-state index in [9.17, 15) is 0 Å². The average Bonchev–Trinajstić information content (AvgIpc) is 0.746. The molecule has 19 aromatic rings. The Balaban J connectivity index is 0.707. The van der Waals surface area contributed by atoms with Crippen molar-refractivity contribution in [1.82, 2.24) is 44.9 Å². The minimum absolute atomic E-state index is 0.0194. The Bertz CT molecular complexity index is 7410. The fourth-order valence-corrected chi connectivity index (χ4v) is 21.5. The molecule has 730 valence electrons. The van der Waals surface area contributed by atoms with Crippen LogP contribution in [0.25, 0.3) is 180 Å². The van der Waals surface area contributed by atoms with Gasteiger partial charge in [0.1, 0.15) is 0 Å². The maximum Gasteiger partial charge on any atom is 0.165 e. The number of hydrogen-bond acceptors (Lipinski definition) is 9. The highest BCUT2D eigenvalue weighted by Crippen LogP contribution is 2.56. The van der Waals surface area contributed by atoms with E-state index in [1.54, 1.807) is 0 Å². The van der Waals surface area contributed by atoms with Crippen molar-refractivity contribution >= 4 is 0 Å². The lowest BCUT2D eigenvalue weighted by Crippen LogP contribution is -2.22. The quantitative estimate of drug-likeness (QED) is 0.0654. The van der Waals surface area contributed by atoms with Crippen molar-refractivity contribution in [2.45, 2.75) is 197 Å². The van der Waals surface area contributed by atoms with Crippen molar-refractivity contribution in [2.24, 2.45) is 16.2 Å². The molecule has 0 spiro atoms. The Morgan fingerprint density at radius 1 is 0.190 bits per heavy atom. The molecular weight excluding hydrogens is 1780 g/mol. The zero-order valence-electron chi connectivity index (χ0n) is 88.5. The summed E-state index contributed by atoms with van der Waals surface area (Å²) in [5.74, 6) is 3.81. The fraction of sp³-hybridized carbons (Fsp3) is 0.239. The van der Waals surface area contributed by atoms with Crippen molar-refractivity contribution in [2.75, 3.05) is 0 Å². The van der Waals surface area contributed by atoms with Crippen LogP contribution in [0.3, 0.4) is 0 Å². The second-order valence-corrected chi connectivity index (χ2v) is 47.3. The van der Waals surface area contributed by atoms with E-state index in [-0.39, 0.29) is 50.2 Å². The Kier molecular flexibility index (Phi) is 27.5. The molecule has 5 aromatic heterocycles. The van der Waals surface area contributed by atoms with Gasteiger partial charge in [-0.2, -0.15) is 0 Å². The zero-order chi connectivity index (χ0) is 102. The van der Waals surface area contributed by atoms with E-state index >= 15 is 0 Å². The van der Waals surface area contributed by atoms with Gasteiger partial charge >= 0.3 is 0 Å². The molecular formula is C138H133N9. The van der Waals surface area contributed by atoms with Crippen molar-refractivity contribution in [1.29, 1.82) is 0 Å². The first-order valence-corrected chi connectivity index (χ1v) is 52.4. The topological polar surface area (TPSA) is 116 Å². The smallest absolute Gasteiger partial charge is 0.165 e. The summed E-state index contributed by atoms with van der Waals surface area (Å²) in [5, 5.41) is 0. The number of nitrogens with zero attached hydrogens (tertiary/aromatic N) is 9. The van der Waals surface area contributed by atoms with Gasteiger partial charge in [-0.15, -0.1) is 0 Å². The van der Waals surface area contributed by atoms with Gasteiger partial charge in [-0.05, 0) is 296 Å². The van der Waals surface area contributed by atoms with Crippen molar-refractivity contribution < 1.29 is 0 Å². The Labute approximate surface area is 870 Å². The second kappa shape index (κ2) is 40.9. The van der Waals surface area contributed by atoms with Gasteiger partial charge < -0.3 is 0 Å². The van der Waals surface area contributed by atoms with E-state index in [4.69, 9.17) is 44.9 Å². The maximum atomic E-state index is 5.39. The molecule has 2 unspecified atom stereocenters. The summed E-state index contributed by atoms with van der Waals surface area (Å²) in [6, 6.07) is 135. The molecule has 0 bridgehead atoms. The van der Waals surface area contributed by atoms with Gasteiger partial charge in [0.25, 0.3) is 0 Å². The zero-order valence-corrected chi connectivity index (χ0v) is 88.5. The minimum Gasteiger partial charge on any atom is -0.256 e. The largest absolute Gasteiger partial charge is 0.256 e. The first-order chi connectivity index (χ1) is 70.5. The summed E-state index contributed by atoms with van der Waals surface area (Å²) in [4.78, 5) is 47.6. The molecule has 0 radical (unpaired) electrons. The monoisotopic (exact) mass is 1920 g/mol. The summed E-state index contributed by atoms with van der Waals surface area (Å²) < 4.78 is 0. The molecule has 1 aliphatic rings. The van der Waals surface area contributed by atoms with Crippen molar-refractivity contribution in [3.8, 4) is 180 Å². The predicted octanol–water partition coefficient (Wildman–Crippen LogP) is 36.4.